The molecule has 2 aromatic rings. The number of urea groups is 1. The third-order valence-corrected chi connectivity index (χ3v) is 3.54. The number of amides is 3. The van der Waals surface area contributed by atoms with Crippen molar-refractivity contribution in [3.63, 3.8) is 0 Å². The van der Waals surface area contributed by atoms with Crippen LogP contribution in [0.4, 0.5) is 10.5 Å². The van der Waals surface area contributed by atoms with E-state index in [0.29, 0.717) is 0 Å². The smallest absolute Gasteiger partial charge is 0.321 e. The zero-order valence-corrected chi connectivity index (χ0v) is 13.6. The minimum Gasteiger partial charge on any atom is -0.370 e. The van der Waals surface area contributed by atoms with Gasteiger partial charge in [-0.2, -0.15) is 0 Å². The molecule has 3 N–H and O–H groups in total. The van der Waals surface area contributed by atoms with Gasteiger partial charge in [0.1, 0.15) is 6.04 Å². The summed E-state index contributed by atoms with van der Waals surface area (Å²) >= 11 is 3.37. The molecule has 0 bridgehead atoms. The van der Waals surface area contributed by atoms with Gasteiger partial charge in [-0.05, 0) is 29.8 Å². The fraction of sp³-hybridized carbons (Fsp3) is 0.125. The van der Waals surface area contributed by atoms with Gasteiger partial charge in [0, 0.05) is 17.2 Å². The molecule has 0 spiro atoms. The minimum absolute atomic E-state index is 0.423. The zero-order chi connectivity index (χ0) is 15.9. The highest BCUT2D eigenvalue weighted by Gasteiger charge is 2.21. The van der Waals surface area contributed by atoms with Gasteiger partial charge in [-0.3, -0.25) is 10.1 Å². The lowest BCUT2D eigenvalue weighted by molar-refractivity contribution is -0.120. The Kier molecular flexibility index (Phi) is 5.55. The first-order chi connectivity index (χ1) is 10.6. The Morgan fingerprint density at radius 2 is 1.64 bits per heavy atom. The molecule has 0 fully saturated rings. The van der Waals surface area contributed by atoms with Crippen molar-refractivity contribution >= 4 is 33.6 Å². The second-order valence-electron chi connectivity index (χ2n) is 4.56. The first-order valence-corrected chi connectivity index (χ1v) is 7.49. The van der Waals surface area contributed by atoms with Gasteiger partial charge in [0.25, 0.3) is 5.91 Å². The van der Waals surface area contributed by atoms with E-state index in [9.17, 15) is 9.59 Å². The van der Waals surface area contributed by atoms with Crippen LogP contribution in [0.3, 0.4) is 0 Å². The van der Waals surface area contributed by atoms with Gasteiger partial charge >= 0.3 is 6.03 Å². The number of halogens is 1. The van der Waals surface area contributed by atoms with Crippen LogP contribution in [0, 0.1) is 0 Å². The van der Waals surface area contributed by atoms with Crippen molar-refractivity contribution < 1.29 is 9.59 Å². The van der Waals surface area contributed by atoms with Gasteiger partial charge < -0.3 is 10.6 Å². The third kappa shape index (κ3) is 4.33. The van der Waals surface area contributed by atoms with Crippen LogP contribution in [0.1, 0.15) is 11.6 Å². The van der Waals surface area contributed by atoms with Crippen LogP contribution in [-0.4, -0.2) is 19.0 Å². The van der Waals surface area contributed by atoms with Crippen LogP contribution in [0.25, 0.3) is 0 Å². The van der Waals surface area contributed by atoms with E-state index >= 15 is 0 Å². The number of hydrogen-bond acceptors (Lipinski definition) is 3. The summed E-state index contributed by atoms with van der Waals surface area (Å²) < 4.78 is 0.948. The van der Waals surface area contributed by atoms with Crippen molar-refractivity contribution in [1.82, 2.24) is 10.6 Å². The minimum atomic E-state index is -0.667. The summed E-state index contributed by atoms with van der Waals surface area (Å²) in [6, 6.07) is 15.5. The second kappa shape index (κ2) is 7.61. The van der Waals surface area contributed by atoms with Crippen LogP contribution >= 0.6 is 15.9 Å². The summed E-state index contributed by atoms with van der Waals surface area (Å²) in [5.41, 5.74) is 1.55. The molecule has 1 atom stereocenters. The number of hydrogen-bond donors (Lipinski definition) is 3. The average Bonchev–Trinajstić information content (AvgIpc) is 2.54. The molecule has 0 unspecified atom stereocenters. The maximum atomic E-state index is 12.3. The van der Waals surface area contributed by atoms with Gasteiger partial charge in [-0.1, -0.05) is 46.3 Å². The Labute approximate surface area is 137 Å². The summed E-state index contributed by atoms with van der Waals surface area (Å²) in [5, 5.41) is 7.81. The van der Waals surface area contributed by atoms with E-state index in [0.717, 1.165) is 15.7 Å². The highest BCUT2D eigenvalue weighted by atomic mass is 79.9. The van der Waals surface area contributed by atoms with E-state index in [4.69, 9.17) is 0 Å². The maximum absolute atomic E-state index is 12.3. The number of nitrogens with one attached hydrogen (secondary N) is 3. The lowest BCUT2D eigenvalue weighted by atomic mass is 10.1. The van der Waals surface area contributed by atoms with Crippen LogP contribution in [0.2, 0.25) is 0 Å². The molecule has 0 aliphatic heterocycles. The lowest BCUT2D eigenvalue weighted by Crippen LogP contribution is -2.42. The van der Waals surface area contributed by atoms with Crippen molar-refractivity contribution in [2.45, 2.75) is 6.04 Å². The Hall–Kier alpha value is -2.34. The second-order valence-corrected chi connectivity index (χ2v) is 5.48. The molecule has 0 heterocycles. The number of anilines is 1. The van der Waals surface area contributed by atoms with Crippen molar-refractivity contribution in [1.29, 1.82) is 0 Å². The predicted molar refractivity (Wildman–Crippen MR) is 89.5 cm³/mol. The summed E-state index contributed by atoms with van der Waals surface area (Å²) in [7, 11) is 1.46. The zero-order valence-electron chi connectivity index (χ0n) is 12.0. The molecular formula is C16H16BrN3O2. The van der Waals surface area contributed by atoms with E-state index in [2.05, 4.69) is 31.9 Å². The summed E-state index contributed by atoms with van der Waals surface area (Å²) in [4.78, 5) is 23.7. The van der Waals surface area contributed by atoms with Gasteiger partial charge in [-0.25, -0.2) is 4.79 Å². The third-order valence-electron chi connectivity index (χ3n) is 3.01. The summed E-state index contributed by atoms with van der Waals surface area (Å²) in [5.74, 6) is -0.423. The number of imide groups is 1. The highest BCUT2D eigenvalue weighted by Crippen LogP contribution is 2.21. The summed E-state index contributed by atoms with van der Waals surface area (Å²) in [6.45, 7) is 0. The van der Waals surface area contributed by atoms with Crippen molar-refractivity contribution in [2.75, 3.05) is 12.4 Å². The van der Waals surface area contributed by atoms with Crippen LogP contribution < -0.4 is 16.0 Å². The van der Waals surface area contributed by atoms with E-state index in [1.54, 1.807) is 0 Å². The molecule has 0 aromatic heterocycles. The Bertz CT molecular complexity index is 644. The Morgan fingerprint density at radius 1 is 1.00 bits per heavy atom. The molecule has 114 valence electrons. The van der Waals surface area contributed by atoms with Crippen molar-refractivity contribution in [3.8, 4) is 0 Å². The first kappa shape index (κ1) is 16.0. The molecule has 0 aliphatic rings. The van der Waals surface area contributed by atoms with Gasteiger partial charge in [0.2, 0.25) is 0 Å². The Balaban J connectivity index is 2.23. The van der Waals surface area contributed by atoms with Crippen molar-refractivity contribution in [2.24, 2.45) is 0 Å². The first-order valence-electron chi connectivity index (χ1n) is 6.70. The largest absolute Gasteiger partial charge is 0.370 e. The van der Waals surface area contributed by atoms with Gasteiger partial charge in [0.05, 0.1) is 0 Å². The van der Waals surface area contributed by atoms with Crippen molar-refractivity contribution in [3.05, 3.63) is 64.6 Å². The van der Waals surface area contributed by atoms with Crippen LogP contribution in [0.5, 0.6) is 0 Å². The molecule has 0 aliphatic carbocycles. The monoisotopic (exact) mass is 361 g/mol. The van der Waals surface area contributed by atoms with E-state index in [1.165, 1.54) is 7.05 Å². The van der Waals surface area contributed by atoms with Crippen LogP contribution in [-0.2, 0) is 4.79 Å². The summed E-state index contributed by atoms with van der Waals surface area (Å²) in [6.07, 6.45) is 0. The predicted octanol–water partition coefficient (Wildman–Crippen LogP) is 3.06. The molecule has 0 saturated heterocycles. The topological polar surface area (TPSA) is 70.2 Å². The number of carbonyl (C=O) groups is 2. The van der Waals surface area contributed by atoms with Gasteiger partial charge in [0.15, 0.2) is 0 Å². The molecular weight excluding hydrogens is 346 g/mol. The molecule has 0 radical (unpaired) electrons. The molecule has 2 rings (SSSR count). The number of carbonyl (C=O) groups excluding carboxylic acids is 2. The molecule has 6 heteroatoms. The normalized spacial score (nSPS) is 11.4. The maximum Gasteiger partial charge on any atom is 0.321 e. The number of benzene rings is 2. The standard InChI is InChI=1S/C16H16BrN3O2/c1-18-16(22)20-15(21)14(11-5-3-2-4-6-11)19-13-9-7-12(17)8-10-13/h2-10,14,19H,1H3,(H2,18,20,21,22)/t14-/m1/s1. The molecule has 0 saturated carbocycles. The molecule has 22 heavy (non-hydrogen) atoms. The lowest BCUT2D eigenvalue weighted by Gasteiger charge is -2.19. The SMILES string of the molecule is CNC(=O)NC(=O)[C@H](Nc1ccc(Br)cc1)c1ccccc1. The fourth-order valence-electron chi connectivity index (χ4n) is 1.91. The van der Waals surface area contributed by atoms with E-state index < -0.39 is 18.0 Å². The molecule has 3 amide bonds. The van der Waals surface area contributed by atoms with Crippen LogP contribution in [0.15, 0.2) is 59.1 Å². The van der Waals surface area contributed by atoms with E-state index in [-0.39, 0.29) is 0 Å². The average molecular weight is 362 g/mol. The highest BCUT2D eigenvalue weighted by molar-refractivity contribution is 9.10. The van der Waals surface area contributed by atoms with E-state index in [1.807, 2.05) is 54.6 Å². The quantitative estimate of drug-likeness (QED) is 0.783. The fourth-order valence-corrected chi connectivity index (χ4v) is 2.17. The van der Waals surface area contributed by atoms with Gasteiger partial charge in [-0.15, -0.1) is 0 Å². The molecule has 5 nitrogen and oxygen atoms in total. The number of rotatable bonds is 4. The molecule has 2 aromatic carbocycles. The Morgan fingerprint density at radius 3 is 2.23 bits per heavy atom.